The lowest BCUT2D eigenvalue weighted by Crippen LogP contribution is -2.60. The summed E-state index contributed by atoms with van der Waals surface area (Å²) in [6.07, 6.45) is 2.37. The first-order valence-electron chi connectivity index (χ1n) is 12.8. The van der Waals surface area contributed by atoms with Crippen molar-refractivity contribution in [3.05, 3.63) is 39.1 Å². The van der Waals surface area contributed by atoms with Gasteiger partial charge in [-0.15, -0.1) is 0 Å². The molecule has 10 nitrogen and oxygen atoms in total. The van der Waals surface area contributed by atoms with Crippen molar-refractivity contribution in [1.82, 2.24) is 9.80 Å². The van der Waals surface area contributed by atoms with Crippen LogP contribution in [-0.4, -0.2) is 83.2 Å². The van der Waals surface area contributed by atoms with E-state index in [0.29, 0.717) is 52.2 Å². The Kier molecular flexibility index (Phi) is 6.80. The first kappa shape index (κ1) is 27.0. The Morgan fingerprint density at radius 1 is 0.795 bits per heavy atom. The number of fused-ring (bicyclic) bond motifs is 7. The molecular weight excluding hydrogens is 504 g/mol. The van der Waals surface area contributed by atoms with E-state index in [0.717, 1.165) is 27.8 Å². The molecule has 39 heavy (non-hydrogen) atoms. The third kappa shape index (κ3) is 3.44. The Morgan fingerprint density at radius 3 is 1.82 bits per heavy atom. The van der Waals surface area contributed by atoms with Crippen molar-refractivity contribution >= 4 is 12.0 Å². The molecule has 1 N–H and O–H groups in total. The molecule has 210 valence electrons. The van der Waals surface area contributed by atoms with Gasteiger partial charge in [0.15, 0.2) is 23.0 Å². The van der Waals surface area contributed by atoms with E-state index in [-0.39, 0.29) is 12.5 Å². The molecule has 3 aliphatic rings. The van der Waals surface area contributed by atoms with Gasteiger partial charge < -0.3 is 38.4 Å². The second-order valence-electron chi connectivity index (χ2n) is 9.93. The number of carbonyl (C=O) groups is 1. The van der Waals surface area contributed by atoms with Gasteiger partial charge in [-0.1, -0.05) is 0 Å². The van der Waals surface area contributed by atoms with E-state index >= 15 is 0 Å². The lowest BCUT2D eigenvalue weighted by molar-refractivity contribution is -0.144. The average molecular weight is 541 g/mol. The number of likely N-dealkylation sites (N-methyl/N-ethyl adjacent to an activating group) is 1. The van der Waals surface area contributed by atoms with Crippen LogP contribution in [0.1, 0.15) is 45.5 Å². The van der Waals surface area contributed by atoms with Crippen molar-refractivity contribution in [3.63, 3.8) is 0 Å². The van der Waals surface area contributed by atoms with Crippen molar-refractivity contribution in [2.45, 2.75) is 38.4 Å². The molecule has 0 saturated carbocycles. The molecule has 3 aliphatic heterocycles. The lowest BCUT2D eigenvalue weighted by atomic mass is 9.77. The number of benzene rings is 2. The van der Waals surface area contributed by atoms with Gasteiger partial charge in [-0.25, -0.2) is 0 Å². The van der Waals surface area contributed by atoms with Gasteiger partial charge in [0.1, 0.15) is 11.5 Å². The zero-order valence-electron chi connectivity index (χ0n) is 23.9. The maximum absolute atomic E-state index is 14.2. The Hall–Kier alpha value is -3.63. The molecule has 0 aliphatic carbocycles. The molecule has 0 spiro atoms. The zero-order valence-corrected chi connectivity index (χ0v) is 23.9. The summed E-state index contributed by atoms with van der Waals surface area (Å²) in [5, 5.41) is 10.8. The van der Waals surface area contributed by atoms with Gasteiger partial charge in [-0.2, -0.15) is 0 Å². The molecule has 0 radical (unpaired) electrons. The maximum Gasteiger partial charge on any atom is 0.245 e. The Morgan fingerprint density at radius 2 is 1.31 bits per heavy atom. The largest absolute Gasteiger partial charge is 0.496 e. The number of rotatable bonds is 7. The minimum Gasteiger partial charge on any atom is -0.496 e. The summed E-state index contributed by atoms with van der Waals surface area (Å²) in [5.41, 5.74) is 5.42. The van der Waals surface area contributed by atoms with Crippen molar-refractivity contribution < 1.29 is 38.3 Å². The minimum absolute atomic E-state index is 0.120. The Balaban J connectivity index is 1.90. The highest BCUT2D eigenvalue weighted by Gasteiger charge is 2.53. The topological polar surface area (TPSA) is 99.2 Å². The molecule has 2 aromatic carbocycles. The zero-order chi connectivity index (χ0) is 28.3. The number of ether oxygens (including phenoxy) is 6. The smallest absolute Gasteiger partial charge is 0.245 e. The van der Waals surface area contributed by atoms with Crippen molar-refractivity contribution in [2.75, 3.05) is 56.3 Å². The van der Waals surface area contributed by atoms with Crippen LogP contribution >= 0.6 is 0 Å². The first-order valence-corrected chi connectivity index (χ1v) is 12.8. The Labute approximate surface area is 228 Å². The van der Waals surface area contributed by atoms with Gasteiger partial charge in [0.2, 0.25) is 5.91 Å². The fourth-order valence-corrected chi connectivity index (χ4v) is 6.82. The molecule has 0 aromatic heterocycles. The molecule has 1 amide bonds. The number of methoxy groups -OCH3 is 6. The predicted octanol–water partition coefficient (Wildman–Crippen LogP) is 3.18. The van der Waals surface area contributed by atoms with Gasteiger partial charge in [-0.3, -0.25) is 9.69 Å². The van der Waals surface area contributed by atoms with Crippen LogP contribution in [0.25, 0.3) is 6.08 Å². The summed E-state index contributed by atoms with van der Waals surface area (Å²) < 4.78 is 35.0. The van der Waals surface area contributed by atoms with Gasteiger partial charge >= 0.3 is 0 Å². The van der Waals surface area contributed by atoms with Crippen molar-refractivity contribution in [2.24, 2.45) is 0 Å². The second-order valence-corrected chi connectivity index (χ2v) is 9.93. The fraction of sp³-hybridized carbons (Fsp3) is 0.483. The molecule has 5 rings (SSSR count). The monoisotopic (exact) mass is 540 g/mol. The van der Waals surface area contributed by atoms with E-state index in [1.165, 1.54) is 0 Å². The molecule has 3 heterocycles. The lowest BCUT2D eigenvalue weighted by Gasteiger charge is -2.53. The summed E-state index contributed by atoms with van der Waals surface area (Å²) in [6, 6.07) is -1.59. The van der Waals surface area contributed by atoms with Gasteiger partial charge in [0, 0.05) is 45.5 Å². The van der Waals surface area contributed by atoms with E-state index in [4.69, 9.17) is 28.4 Å². The quantitative estimate of drug-likeness (QED) is 0.568. The summed E-state index contributed by atoms with van der Waals surface area (Å²) >= 11 is 0. The normalized spacial score (nSPS) is 21.4. The summed E-state index contributed by atoms with van der Waals surface area (Å²) in [5.74, 6) is 3.30. The van der Waals surface area contributed by atoms with Crippen LogP contribution in [0.3, 0.4) is 0 Å². The molecule has 0 unspecified atom stereocenters. The molecule has 2 bridgehead atoms. The third-order valence-electron chi connectivity index (χ3n) is 8.38. The number of hydrogen-bond donors (Lipinski definition) is 1. The number of amides is 1. The number of piperazine rings is 1. The van der Waals surface area contributed by atoms with Gasteiger partial charge in [-0.05, 0) is 27.0 Å². The van der Waals surface area contributed by atoms with Crippen molar-refractivity contribution in [3.8, 4) is 34.5 Å². The van der Waals surface area contributed by atoms with E-state index in [1.54, 1.807) is 47.6 Å². The highest BCUT2D eigenvalue weighted by Crippen LogP contribution is 2.59. The molecular formula is C29H36N2O8. The van der Waals surface area contributed by atoms with Gasteiger partial charge in [0.05, 0.1) is 67.4 Å². The van der Waals surface area contributed by atoms with Crippen LogP contribution in [-0.2, 0) is 11.2 Å². The van der Waals surface area contributed by atoms with Gasteiger partial charge in [0.25, 0.3) is 0 Å². The highest BCUT2D eigenvalue weighted by atomic mass is 16.5. The van der Waals surface area contributed by atoms with E-state index in [2.05, 4.69) is 4.90 Å². The summed E-state index contributed by atoms with van der Waals surface area (Å²) in [4.78, 5) is 18.0. The number of hydrogen-bond acceptors (Lipinski definition) is 9. The molecule has 3 atom stereocenters. The fourth-order valence-electron chi connectivity index (χ4n) is 6.82. The van der Waals surface area contributed by atoms with Crippen LogP contribution in [0.15, 0.2) is 5.70 Å². The summed E-state index contributed by atoms with van der Waals surface area (Å²) in [6.45, 7) is 3.49. The SMILES string of the molecule is COc1c(C)c(OC)c(OC)c2c1C=C1[C@H]3c4c(c(OC)c(C)c(OC)c4OC)C[C@@H](C(=O)N1[C@H]2CO)N3C. The molecule has 2 aromatic rings. The first-order chi connectivity index (χ1) is 18.7. The van der Waals surface area contributed by atoms with Crippen LogP contribution < -0.4 is 28.4 Å². The maximum atomic E-state index is 14.2. The van der Waals surface area contributed by atoms with E-state index in [1.807, 2.05) is 27.0 Å². The molecule has 1 saturated heterocycles. The number of carbonyl (C=O) groups excluding carboxylic acids is 1. The number of aliphatic hydroxyl groups is 1. The standard InChI is InChI=1S/C29H36N2O8/c1-13-23(34-4)15-10-17-22-21-16(24(35-5)14(2)26(37-7)28(21)39-9)11-18(30(22)3)29(33)31(17)19(12-32)20(15)27(38-8)25(13)36-6/h10,18-19,22,32H,11-12H2,1-9H3/t18-,19-,22-/m0/s1. The van der Waals surface area contributed by atoms with Crippen molar-refractivity contribution in [1.29, 1.82) is 0 Å². The predicted molar refractivity (Wildman–Crippen MR) is 144 cm³/mol. The molecule has 1 fully saturated rings. The minimum atomic E-state index is -0.716. The average Bonchev–Trinajstić information content (AvgIpc) is 2.93. The summed E-state index contributed by atoms with van der Waals surface area (Å²) in [7, 11) is 11.5. The van der Waals surface area contributed by atoms with Crippen LogP contribution in [0, 0.1) is 13.8 Å². The number of nitrogens with zero attached hydrogens (tertiary/aromatic N) is 2. The van der Waals surface area contributed by atoms with Crippen LogP contribution in [0.5, 0.6) is 34.5 Å². The molecule has 10 heteroatoms. The van der Waals surface area contributed by atoms with Crippen LogP contribution in [0.2, 0.25) is 0 Å². The Bertz CT molecular complexity index is 1380. The second kappa shape index (κ2) is 9.84. The van der Waals surface area contributed by atoms with E-state index < -0.39 is 18.1 Å². The van der Waals surface area contributed by atoms with Crippen LogP contribution in [0.4, 0.5) is 0 Å². The third-order valence-corrected chi connectivity index (χ3v) is 8.38. The number of aliphatic hydroxyl groups excluding tert-OH is 1. The highest BCUT2D eigenvalue weighted by molar-refractivity contribution is 5.91. The van der Waals surface area contributed by atoms with E-state index in [9.17, 15) is 9.90 Å².